The molecule has 33 heavy (non-hydrogen) atoms. The topological polar surface area (TPSA) is 105 Å². The molecule has 0 saturated heterocycles. The highest BCUT2D eigenvalue weighted by Crippen LogP contribution is 2.44. The van der Waals surface area contributed by atoms with Crippen LogP contribution in [-0.2, 0) is 14.3 Å². The van der Waals surface area contributed by atoms with E-state index in [1.54, 1.807) is 0 Å². The third-order valence-corrected chi connectivity index (χ3v) is 6.49. The summed E-state index contributed by atoms with van der Waals surface area (Å²) in [7, 11) is 0. The van der Waals surface area contributed by atoms with Crippen LogP contribution in [0.4, 0.5) is 4.79 Å². The fourth-order valence-corrected chi connectivity index (χ4v) is 4.69. The summed E-state index contributed by atoms with van der Waals surface area (Å²) in [5.74, 6) is -1.33. The molecule has 7 nitrogen and oxygen atoms in total. The summed E-state index contributed by atoms with van der Waals surface area (Å²) >= 11 is 0. The SMILES string of the molecule is C/C(=C\CNC(=O)[C@@H]1CC[C@H](NC(=O)OCC2c3ccccc3-c3ccccc32)C1)C(=O)O. The van der Waals surface area contributed by atoms with Crippen LogP contribution in [0.2, 0.25) is 0 Å². The highest BCUT2D eigenvalue weighted by molar-refractivity contribution is 5.86. The van der Waals surface area contributed by atoms with Crippen molar-refractivity contribution in [3.05, 3.63) is 71.3 Å². The number of carboxylic acids is 1. The van der Waals surface area contributed by atoms with Gasteiger partial charge in [0.15, 0.2) is 0 Å². The molecule has 2 amide bonds. The summed E-state index contributed by atoms with van der Waals surface area (Å²) in [5, 5.41) is 14.5. The fourth-order valence-electron chi connectivity index (χ4n) is 4.69. The third-order valence-electron chi connectivity index (χ3n) is 6.49. The van der Waals surface area contributed by atoms with Gasteiger partial charge in [-0.2, -0.15) is 0 Å². The van der Waals surface area contributed by atoms with E-state index >= 15 is 0 Å². The van der Waals surface area contributed by atoms with E-state index in [0.717, 1.165) is 11.1 Å². The molecule has 2 aromatic rings. The molecule has 2 atom stereocenters. The molecule has 0 aromatic heterocycles. The number of carboxylic acid groups (broad SMARTS) is 1. The van der Waals surface area contributed by atoms with Crippen molar-refractivity contribution in [3.63, 3.8) is 0 Å². The van der Waals surface area contributed by atoms with Gasteiger partial charge in [-0.25, -0.2) is 9.59 Å². The molecule has 2 aliphatic rings. The Morgan fingerprint density at radius 1 is 1.03 bits per heavy atom. The molecule has 1 saturated carbocycles. The second-order valence-electron chi connectivity index (χ2n) is 8.61. The molecule has 0 spiro atoms. The van der Waals surface area contributed by atoms with Crippen LogP contribution in [0.3, 0.4) is 0 Å². The predicted octanol–water partition coefficient (Wildman–Crippen LogP) is 3.84. The lowest BCUT2D eigenvalue weighted by molar-refractivity contribution is -0.132. The summed E-state index contributed by atoms with van der Waals surface area (Å²) in [5.41, 5.74) is 4.88. The van der Waals surface area contributed by atoms with Gasteiger partial charge in [-0.15, -0.1) is 0 Å². The summed E-state index contributed by atoms with van der Waals surface area (Å²) < 4.78 is 5.60. The number of benzene rings is 2. The zero-order chi connectivity index (χ0) is 23.4. The summed E-state index contributed by atoms with van der Waals surface area (Å²) in [6, 6.07) is 16.3. The van der Waals surface area contributed by atoms with Gasteiger partial charge in [0.05, 0.1) is 0 Å². The van der Waals surface area contributed by atoms with Gasteiger partial charge < -0.3 is 20.5 Å². The van der Waals surface area contributed by atoms with Gasteiger partial charge in [-0.3, -0.25) is 4.79 Å². The maximum Gasteiger partial charge on any atom is 0.407 e. The minimum atomic E-state index is -1.00. The van der Waals surface area contributed by atoms with E-state index in [1.165, 1.54) is 24.1 Å². The van der Waals surface area contributed by atoms with Crippen LogP contribution < -0.4 is 10.6 Å². The first kappa shape index (κ1) is 22.6. The molecule has 172 valence electrons. The zero-order valence-corrected chi connectivity index (χ0v) is 18.5. The van der Waals surface area contributed by atoms with Crippen molar-refractivity contribution in [2.24, 2.45) is 5.92 Å². The monoisotopic (exact) mass is 448 g/mol. The molecule has 0 aliphatic heterocycles. The normalized spacial score (nSPS) is 19.5. The maximum absolute atomic E-state index is 12.5. The number of hydrogen-bond donors (Lipinski definition) is 3. The van der Waals surface area contributed by atoms with Crippen LogP contribution >= 0.6 is 0 Å². The van der Waals surface area contributed by atoms with E-state index in [-0.39, 0.29) is 42.5 Å². The molecule has 7 heteroatoms. The highest BCUT2D eigenvalue weighted by atomic mass is 16.5. The van der Waals surface area contributed by atoms with Crippen molar-refractivity contribution >= 4 is 18.0 Å². The van der Waals surface area contributed by atoms with E-state index in [0.29, 0.717) is 19.3 Å². The predicted molar refractivity (Wildman–Crippen MR) is 124 cm³/mol. The molecule has 3 N–H and O–H groups in total. The molecule has 0 bridgehead atoms. The van der Waals surface area contributed by atoms with Crippen molar-refractivity contribution < 1.29 is 24.2 Å². The largest absolute Gasteiger partial charge is 0.478 e. The van der Waals surface area contributed by atoms with Gasteiger partial charge in [0, 0.05) is 30.0 Å². The third kappa shape index (κ3) is 5.08. The Labute approximate surface area is 192 Å². The number of amides is 2. The lowest BCUT2D eigenvalue weighted by atomic mass is 9.98. The van der Waals surface area contributed by atoms with Crippen LogP contribution in [0.5, 0.6) is 0 Å². The quantitative estimate of drug-likeness (QED) is 0.558. The van der Waals surface area contributed by atoms with Crippen molar-refractivity contribution in [1.29, 1.82) is 0 Å². The van der Waals surface area contributed by atoms with E-state index in [4.69, 9.17) is 9.84 Å². The number of alkyl carbamates (subject to hydrolysis) is 1. The molecule has 2 aliphatic carbocycles. The fraction of sp³-hybridized carbons (Fsp3) is 0.346. The first-order valence-corrected chi connectivity index (χ1v) is 11.2. The Balaban J connectivity index is 1.26. The van der Waals surface area contributed by atoms with Crippen LogP contribution in [0.25, 0.3) is 11.1 Å². The van der Waals surface area contributed by atoms with Gasteiger partial charge in [0.2, 0.25) is 5.91 Å². The van der Waals surface area contributed by atoms with Gasteiger partial charge in [-0.05, 0) is 48.4 Å². The number of carbonyl (C=O) groups excluding carboxylic acids is 2. The lowest BCUT2D eigenvalue weighted by Crippen LogP contribution is -2.35. The smallest absolute Gasteiger partial charge is 0.407 e. The molecule has 0 heterocycles. The Morgan fingerprint density at radius 2 is 1.67 bits per heavy atom. The Morgan fingerprint density at radius 3 is 2.30 bits per heavy atom. The van der Waals surface area contributed by atoms with Gasteiger partial charge in [-0.1, -0.05) is 54.6 Å². The first-order valence-electron chi connectivity index (χ1n) is 11.2. The molecule has 1 fully saturated rings. The standard InChI is InChI=1S/C26H28N2O5/c1-16(25(30)31)12-13-27-24(29)17-10-11-18(14-17)28-26(32)33-15-23-21-8-4-2-6-19(21)20-7-3-5-9-22(20)23/h2-9,12,17-18,23H,10-11,13-15H2,1H3,(H,27,29)(H,28,32)(H,30,31)/b16-12+/t17-,18+/m1/s1. The summed E-state index contributed by atoms with van der Waals surface area (Å²) in [6.07, 6.45) is 2.91. The van der Waals surface area contributed by atoms with Gasteiger partial charge in [0.1, 0.15) is 6.61 Å². The van der Waals surface area contributed by atoms with Gasteiger partial charge >= 0.3 is 12.1 Å². The number of carbonyl (C=O) groups is 3. The second kappa shape index (κ2) is 9.90. The van der Waals surface area contributed by atoms with Crippen molar-refractivity contribution in [2.75, 3.05) is 13.2 Å². The van der Waals surface area contributed by atoms with Gasteiger partial charge in [0.25, 0.3) is 0 Å². The average molecular weight is 449 g/mol. The van der Waals surface area contributed by atoms with Crippen molar-refractivity contribution in [1.82, 2.24) is 10.6 Å². The van der Waals surface area contributed by atoms with E-state index in [2.05, 4.69) is 34.9 Å². The van der Waals surface area contributed by atoms with E-state index in [1.807, 2.05) is 24.3 Å². The number of hydrogen-bond acceptors (Lipinski definition) is 4. The average Bonchev–Trinajstić information content (AvgIpc) is 3.40. The Bertz CT molecular complexity index is 1050. The minimum absolute atomic E-state index is 0.00701. The zero-order valence-electron chi connectivity index (χ0n) is 18.5. The highest BCUT2D eigenvalue weighted by Gasteiger charge is 2.32. The van der Waals surface area contributed by atoms with E-state index in [9.17, 15) is 14.4 Å². The lowest BCUT2D eigenvalue weighted by Gasteiger charge is -2.17. The van der Waals surface area contributed by atoms with Crippen LogP contribution in [0.1, 0.15) is 43.2 Å². The molecule has 0 radical (unpaired) electrons. The maximum atomic E-state index is 12.5. The van der Waals surface area contributed by atoms with Crippen molar-refractivity contribution in [3.8, 4) is 11.1 Å². The molecular formula is C26H28N2O5. The molecular weight excluding hydrogens is 420 g/mol. The number of nitrogens with one attached hydrogen (secondary N) is 2. The Hall–Kier alpha value is -3.61. The molecule has 2 aromatic carbocycles. The second-order valence-corrected chi connectivity index (χ2v) is 8.61. The molecule has 4 rings (SSSR count). The summed E-state index contributed by atoms with van der Waals surface area (Å²) in [4.78, 5) is 35.6. The minimum Gasteiger partial charge on any atom is -0.478 e. The Kier molecular flexibility index (Phi) is 6.77. The van der Waals surface area contributed by atoms with Crippen molar-refractivity contribution in [2.45, 2.75) is 38.1 Å². The number of ether oxygens (including phenoxy) is 1. The van der Waals surface area contributed by atoms with E-state index < -0.39 is 12.1 Å². The van der Waals surface area contributed by atoms with Crippen LogP contribution in [-0.4, -0.2) is 42.3 Å². The summed E-state index contributed by atoms with van der Waals surface area (Å²) in [6.45, 7) is 1.92. The van der Waals surface area contributed by atoms with Crippen LogP contribution in [0, 0.1) is 5.92 Å². The number of fused-ring (bicyclic) bond motifs is 3. The first-order chi connectivity index (χ1) is 15.9. The number of aliphatic carboxylic acids is 1. The number of rotatable bonds is 7. The van der Waals surface area contributed by atoms with Crippen LogP contribution in [0.15, 0.2) is 60.2 Å². The molecule has 0 unspecified atom stereocenters.